The predicted molar refractivity (Wildman–Crippen MR) is 96.2 cm³/mol. The molecule has 0 saturated heterocycles. The second-order valence-corrected chi connectivity index (χ2v) is 6.24. The average molecular weight is 392 g/mol. The molecule has 0 radical (unpaired) electrons. The maximum Gasteiger partial charge on any atom is 0.363 e. The molecule has 0 saturated carbocycles. The average Bonchev–Trinajstić information content (AvgIpc) is 3.24. The molecule has 2 aromatic rings. The molecule has 2 aliphatic rings. The third-order valence-corrected chi connectivity index (χ3v) is 4.51. The molecule has 0 atom stereocenters. The summed E-state index contributed by atoms with van der Waals surface area (Å²) in [5.74, 6) is 1.17. The molecule has 0 N–H and O–H groups in total. The van der Waals surface area contributed by atoms with E-state index in [1.165, 1.54) is 7.11 Å². The predicted octanol–water partition coefficient (Wildman–Crippen LogP) is 4.08. The molecule has 2 heterocycles. The molecule has 8 heteroatoms. The van der Waals surface area contributed by atoms with Gasteiger partial charge >= 0.3 is 5.97 Å². The molecule has 0 bridgehead atoms. The molecule has 2 aromatic carbocycles. The van der Waals surface area contributed by atoms with Crippen LogP contribution in [-0.4, -0.2) is 25.8 Å². The first kappa shape index (κ1) is 16.8. The van der Waals surface area contributed by atoms with Gasteiger partial charge in [-0.05, 0) is 42.0 Å². The van der Waals surface area contributed by atoms with Gasteiger partial charge in [0, 0.05) is 5.56 Å². The van der Waals surface area contributed by atoms with Crippen molar-refractivity contribution in [1.29, 1.82) is 0 Å². The highest BCUT2D eigenvalue weighted by atomic mass is 35.5. The molecule has 0 amide bonds. The van der Waals surface area contributed by atoms with Crippen molar-refractivity contribution in [1.82, 2.24) is 0 Å². The highest BCUT2D eigenvalue weighted by Crippen LogP contribution is 2.42. The van der Waals surface area contributed by atoms with Crippen molar-refractivity contribution < 1.29 is 23.7 Å². The standard InChI is InChI=1S/C18H11Cl2NO5/c1-23-14-5-9(6-15-16(14)25-8-24-15)4-13-18(22)26-17(21-13)10-2-3-11(19)12(20)7-10/h2-7H,8H2,1H3/b13-4-. The van der Waals surface area contributed by atoms with Crippen molar-refractivity contribution in [3.8, 4) is 17.2 Å². The fourth-order valence-electron chi connectivity index (χ4n) is 2.55. The number of carbonyl (C=O) groups is 1. The van der Waals surface area contributed by atoms with Crippen LogP contribution in [0.1, 0.15) is 11.1 Å². The van der Waals surface area contributed by atoms with E-state index in [1.807, 2.05) is 0 Å². The lowest BCUT2D eigenvalue weighted by molar-refractivity contribution is -0.129. The summed E-state index contributed by atoms with van der Waals surface area (Å²) in [6.07, 6.45) is 1.58. The molecule has 0 unspecified atom stereocenters. The summed E-state index contributed by atoms with van der Waals surface area (Å²) >= 11 is 11.9. The smallest absolute Gasteiger partial charge is 0.363 e. The van der Waals surface area contributed by atoms with Gasteiger partial charge in [0.1, 0.15) is 0 Å². The molecule has 0 aliphatic carbocycles. The minimum Gasteiger partial charge on any atom is -0.493 e. The number of benzene rings is 2. The highest BCUT2D eigenvalue weighted by molar-refractivity contribution is 6.42. The molecule has 0 spiro atoms. The molecule has 2 aliphatic heterocycles. The Morgan fingerprint density at radius 2 is 2.00 bits per heavy atom. The second-order valence-electron chi connectivity index (χ2n) is 5.42. The maximum atomic E-state index is 12.2. The number of cyclic esters (lactones) is 1. The van der Waals surface area contributed by atoms with Gasteiger partial charge < -0.3 is 18.9 Å². The quantitative estimate of drug-likeness (QED) is 0.582. The molecule has 132 valence electrons. The number of rotatable bonds is 3. The van der Waals surface area contributed by atoms with E-state index in [0.29, 0.717) is 38.4 Å². The second kappa shape index (κ2) is 6.55. The van der Waals surface area contributed by atoms with Gasteiger partial charge in [0.15, 0.2) is 17.2 Å². The van der Waals surface area contributed by atoms with Gasteiger partial charge in [0.2, 0.25) is 18.4 Å². The van der Waals surface area contributed by atoms with Gasteiger partial charge in [0.05, 0.1) is 17.2 Å². The molecule has 4 rings (SSSR count). The zero-order valence-corrected chi connectivity index (χ0v) is 14.9. The van der Waals surface area contributed by atoms with Crippen LogP contribution < -0.4 is 14.2 Å². The van der Waals surface area contributed by atoms with Crippen LogP contribution in [-0.2, 0) is 9.53 Å². The van der Waals surface area contributed by atoms with Crippen LogP contribution in [0.5, 0.6) is 17.2 Å². The van der Waals surface area contributed by atoms with Crippen molar-refractivity contribution in [2.24, 2.45) is 4.99 Å². The summed E-state index contributed by atoms with van der Waals surface area (Å²) in [4.78, 5) is 16.4. The van der Waals surface area contributed by atoms with Gasteiger partial charge in [-0.25, -0.2) is 9.79 Å². The molecule has 6 nitrogen and oxygen atoms in total. The van der Waals surface area contributed by atoms with Gasteiger partial charge in [-0.1, -0.05) is 23.2 Å². The van der Waals surface area contributed by atoms with Gasteiger partial charge in [-0.15, -0.1) is 0 Å². The fourth-order valence-corrected chi connectivity index (χ4v) is 2.85. The Kier molecular flexibility index (Phi) is 4.22. The molecular formula is C18H11Cl2NO5. The summed E-state index contributed by atoms with van der Waals surface area (Å²) in [6.45, 7) is 0.118. The van der Waals surface area contributed by atoms with Crippen LogP contribution in [0.2, 0.25) is 10.0 Å². The lowest BCUT2D eigenvalue weighted by atomic mass is 10.1. The number of fused-ring (bicyclic) bond motifs is 1. The number of nitrogens with zero attached hydrogens (tertiary/aromatic N) is 1. The fraction of sp³-hybridized carbons (Fsp3) is 0.111. The maximum absolute atomic E-state index is 12.2. The number of hydrogen-bond donors (Lipinski definition) is 0. The number of esters is 1. The van der Waals surface area contributed by atoms with Crippen LogP contribution in [0.15, 0.2) is 41.0 Å². The highest BCUT2D eigenvalue weighted by Gasteiger charge is 2.26. The summed E-state index contributed by atoms with van der Waals surface area (Å²) in [5, 5.41) is 0.754. The van der Waals surface area contributed by atoms with Crippen molar-refractivity contribution in [3.63, 3.8) is 0 Å². The van der Waals surface area contributed by atoms with Crippen LogP contribution in [0.4, 0.5) is 0 Å². The van der Waals surface area contributed by atoms with E-state index in [2.05, 4.69) is 4.99 Å². The lowest BCUT2D eigenvalue weighted by Gasteiger charge is -2.05. The summed E-state index contributed by atoms with van der Waals surface area (Å²) in [6, 6.07) is 8.33. The number of carbonyl (C=O) groups excluding carboxylic acids is 1. The first-order valence-electron chi connectivity index (χ1n) is 7.51. The minimum absolute atomic E-state index is 0.118. The van der Waals surface area contributed by atoms with Crippen LogP contribution in [0, 0.1) is 0 Å². The summed E-state index contributed by atoms with van der Waals surface area (Å²) in [5.41, 5.74) is 1.36. The number of hydrogen-bond acceptors (Lipinski definition) is 6. The van der Waals surface area contributed by atoms with Crippen molar-refractivity contribution in [3.05, 3.63) is 57.2 Å². The van der Waals surface area contributed by atoms with Crippen molar-refractivity contribution in [2.75, 3.05) is 13.9 Å². The Labute approximate surface area is 158 Å². The Bertz CT molecular complexity index is 984. The van der Waals surface area contributed by atoms with Gasteiger partial charge in [0.25, 0.3) is 0 Å². The van der Waals surface area contributed by atoms with Gasteiger partial charge in [-0.3, -0.25) is 0 Å². The normalized spacial score (nSPS) is 16.7. The van der Waals surface area contributed by atoms with Crippen LogP contribution >= 0.6 is 23.2 Å². The number of methoxy groups -OCH3 is 1. The SMILES string of the molecule is COc1cc(/C=C2\N=C(c3ccc(Cl)c(Cl)c3)OC2=O)cc2c1OCO2. The van der Waals surface area contributed by atoms with E-state index in [0.717, 1.165) is 0 Å². The molecule has 0 aromatic heterocycles. The Morgan fingerprint density at radius 1 is 1.15 bits per heavy atom. The van der Waals surface area contributed by atoms with E-state index < -0.39 is 5.97 Å². The number of halogens is 2. The van der Waals surface area contributed by atoms with E-state index in [1.54, 1.807) is 36.4 Å². The van der Waals surface area contributed by atoms with Crippen LogP contribution in [0.25, 0.3) is 6.08 Å². The largest absolute Gasteiger partial charge is 0.493 e. The van der Waals surface area contributed by atoms with Crippen molar-refractivity contribution >= 4 is 41.1 Å². The number of aliphatic imine (C=N–C) groups is 1. The third kappa shape index (κ3) is 2.98. The zero-order chi connectivity index (χ0) is 18.3. The number of ether oxygens (including phenoxy) is 4. The summed E-state index contributed by atoms with van der Waals surface area (Å²) < 4.78 is 21.2. The van der Waals surface area contributed by atoms with E-state index in [9.17, 15) is 4.79 Å². The first-order chi connectivity index (χ1) is 12.5. The minimum atomic E-state index is -0.567. The Hall–Kier alpha value is -2.70. The first-order valence-corrected chi connectivity index (χ1v) is 8.26. The van der Waals surface area contributed by atoms with E-state index in [-0.39, 0.29) is 18.4 Å². The van der Waals surface area contributed by atoms with E-state index in [4.69, 9.17) is 42.1 Å². The zero-order valence-electron chi connectivity index (χ0n) is 13.4. The molecular weight excluding hydrogens is 381 g/mol. The molecule has 0 fully saturated rings. The van der Waals surface area contributed by atoms with Gasteiger partial charge in [-0.2, -0.15) is 0 Å². The monoisotopic (exact) mass is 391 g/mol. The Morgan fingerprint density at radius 3 is 2.77 bits per heavy atom. The lowest BCUT2D eigenvalue weighted by Crippen LogP contribution is -2.05. The topological polar surface area (TPSA) is 66.4 Å². The van der Waals surface area contributed by atoms with E-state index >= 15 is 0 Å². The molecule has 26 heavy (non-hydrogen) atoms. The summed E-state index contributed by atoms with van der Waals surface area (Å²) in [7, 11) is 1.53. The third-order valence-electron chi connectivity index (χ3n) is 3.77. The van der Waals surface area contributed by atoms with Crippen molar-refractivity contribution in [2.45, 2.75) is 0 Å². The van der Waals surface area contributed by atoms with Crippen LogP contribution in [0.3, 0.4) is 0 Å². The Balaban J connectivity index is 1.70.